The number of hydrogen-bond acceptors (Lipinski definition) is 4. The van der Waals surface area contributed by atoms with Crippen LogP contribution in [0.4, 0.5) is 0 Å². The van der Waals surface area contributed by atoms with E-state index in [0.29, 0.717) is 35.1 Å². The third-order valence-corrected chi connectivity index (χ3v) is 8.54. The van der Waals surface area contributed by atoms with Gasteiger partial charge in [-0.1, -0.05) is 0 Å². The van der Waals surface area contributed by atoms with Gasteiger partial charge in [-0.2, -0.15) is 4.31 Å². The Morgan fingerprint density at radius 2 is 2.14 bits per heavy atom. The Balaban J connectivity index is 1.78. The fourth-order valence-corrected chi connectivity index (χ4v) is 6.66. The molecule has 2 aliphatic heterocycles. The summed E-state index contributed by atoms with van der Waals surface area (Å²) >= 11 is 7.07. The Labute approximate surface area is 135 Å². The molecule has 21 heavy (non-hydrogen) atoms. The first-order chi connectivity index (χ1) is 10.0. The molecule has 0 spiro atoms. The molecular weight excluding hydrogens is 328 g/mol. The van der Waals surface area contributed by atoms with Crippen molar-refractivity contribution in [3.8, 4) is 0 Å². The Morgan fingerprint density at radius 1 is 1.33 bits per heavy atom. The molecule has 0 N–H and O–H groups in total. The number of hydrogen-bond donors (Lipinski definition) is 0. The molecule has 2 atom stereocenters. The van der Waals surface area contributed by atoms with E-state index in [2.05, 4.69) is 11.9 Å². The van der Waals surface area contributed by atoms with Crippen LogP contribution in [0.2, 0.25) is 0 Å². The maximum absolute atomic E-state index is 12.8. The van der Waals surface area contributed by atoms with Gasteiger partial charge in [-0.05, 0) is 50.9 Å². The van der Waals surface area contributed by atoms with Crippen molar-refractivity contribution in [3.63, 3.8) is 0 Å². The molecule has 3 rings (SSSR count). The van der Waals surface area contributed by atoms with Crippen LogP contribution in [-0.4, -0.2) is 50.3 Å². The maximum Gasteiger partial charge on any atom is 0.252 e. The van der Waals surface area contributed by atoms with Gasteiger partial charge in [-0.15, -0.1) is 22.9 Å². The first-order valence-electron chi connectivity index (χ1n) is 7.37. The minimum absolute atomic E-state index is 0.371. The summed E-state index contributed by atoms with van der Waals surface area (Å²) in [6.07, 6.45) is 3.24. The predicted molar refractivity (Wildman–Crippen MR) is 86.4 cm³/mol. The van der Waals surface area contributed by atoms with Crippen molar-refractivity contribution in [2.75, 3.05) is 26.7 Å². The Bertz CT molecular complexity index is 602. The smallest absolute Gasteiger partial charge is 0.252 e. The average molecular weight is 349 g/mol. The molecule has 1 aromatic rings. The third-order valence-electron chi connectivity index (χ3n) is 4.67. The second kappa shape index (κ2) is 6.16. The molecule has 2 aliphatic rings. The Morgan fingerprint density at radius 3 is 2.86 bits per heavy atom. The number of alkyl halides is 1. The Kier molecular flexibility index (Phi) is 4.62. The van der Waals surface area contributed by atoms with Gasteiger partial charge < -0.3 is 4.90 Å². The average Bonchev–Trinajstić information content (AvgIpc) is 2.97. The van der Waals surface area contributed by atoms with Crippen LogP contribution in [0, 0.1) is 5.92 Å². The SMILES string of the molecule is CN1CCCC2CN(S(=O)(=O)c3ccc(CCl)s3)CCC21. The van der Waals surface area contributed by atoms with E-state index < -0.39 is 10.0 Å². The number of fused-ring (bicyclic) bond motifs is 1. The molecule has 0 bridgehead atoms. The molecule has 2 fully saturated rings. The lowest BCUT2D eigenvalue weighted by atomic mass is 9.85. The molecule has 0 aromatic carbocycles. The van der Waals surface area contributed by atoms with Crippen LogP contribution in [0.3, 0.4) is 0 Å². The second-order valence-electron chi connectivity index (χ2n) is 5.96. The van der Waals surface area contributed by atoms with Gasteiger partial charge >= 0.3 is 0 Å². The van der Waals surface area contributed by atoms with Crippen molar-refractivity contribution in [1.82, 2.24) is 9.21 Å². The standard InChI is InChI=1S/C14H21ClN2O2S2/c1-16-7-2-3-11-10-17(8-6-13(11)16)21(18,19)14-5-4-12(9-15)20-14/h4-5,11,13H,2-3,6-10H2,1H3. The van der Waals surface area contributed by atoms with Crippen LogP contribution in [0.1, 0.15) is 24.1 Å². The molecule has 118 valence electrons. The van der Waals surface area contributed by atoms with Crippen molar-refractivity contribution in [2.45, 2.75) is 35.4 Å². The zero-order valence-corrected chi connectivity index (χ0v) is 14.6. The van der Waals surface area contributed by atoms with Crippen LogP contribution >= 0.6 is 22.9 Å². The molecule has 2 saturated heterocycles. The molecule has 7 heteroatoms. The molecule has 3 heterocycles. The van der Waals surface area contributed by atoms with E-state index in [4.69, 9.17) is 11.6 Å². The van der Waals surface area contributed by atoms with E-state index in [1.165, 1.54) is 17.8 Å². The first kappa shape index (κ1) is 15.7. The molecule has 0 saturated carbocycles. The topological polar surface area (TPSA) is 40.6 Å². The van der Waals surface area contributed by atoms with Gasteiger partial charge in [0.2, 0.25) is 0 Å². The van der Waals surface area contributed by atoms with Crippen molar-refractivity contribution >= 4 is 33.0 Å². The van der Waals surface area contributed by atoms with E-state index in [-0.39, 0.29) is 0 Å². The number of halogens is 1. The zero-order chi connectivity index (χ0) is 15.0. The highest BCUT2D eigenvalue weighted by atomic mass is 35.5. The number of rotatable bonds is 3. The number of likely N-dealkylation sites (tertiary alicyclic amines) is 1. The van der Waals surface area contributed by atoms with Gasteiger partial charge in [0.25, 0.3) is 10.0 Å². The highest BCUT2D eigenvalue weighted by molar-refractivity contribution is 7.91. The number of sulfonamides is 1. The third kappa shape index (κ3) is 3.01. The van der Waals surface area contributed by atoms with Gasteiger partial charge in [-0.25, -0.2) is 8.42 Å². The fraction of sp³-hybridized carbons (Fsp3) is 0.714. The van der Waals surface area contributed by atoms with Gasteiger partial charge in [0.1, 0.15) is 4.21 Å². The van der Waals surface area contributed by atoms with Crippen LogP contribution in [-0.2, 0) is 15.9 Å². The highest BCUT2D eigenvalue weighted by Gasteiger charge is 2.38. The predicted octanol–water partition coefficient (Wildman–Crippen LogP) is 2.59. The fourth-order valence-electron chi connectivity index (χ4n) is 3.53. The summed E-state index contributed by atoms with van der Waals surface area (Å²) in [5.74, 6) is 0.843. The van der Waals surface area contributed by atoms with E-state index in [1.54, 1.807) is 10.4 Å². The quantitative estimate of drug-likeness (QED) is 0.788. The summed E-state index contributed by atoms with van der Waals surface area (Å²) in [5.41, 5.74) is 0. The molecule has 0 amide bonds. The van der Waals surface area contributed by atoms with Crippen LogP contribution in [0.25, 0.3) is 0 Å². The lowest BCUT2D eigenvalue weighted by Gasteiger charge is -2.45. The minimum atomic E-state index is -3.34. The van der Waals surface area contributed by atoms with Gasteiger partial charge in [0.05, 0.1) is 5.88 Å². The second-order valence-corrected chi connectivity index (χ2v) is 9.56. The molecular formula is C14H21ClN2O2S2. The maximum atomic E-state index is 12.8. The lowest BCUT2D eigenvalue weighted by Crippen LogP contribution is -2.53. The van der Waals surface area contributed by atoms with Crippen LogP contribution in [0.15, 0.2) is 16.3 Å². The van der Waals surface area contributed by atoms with Gasteiger partial charge in [0, 0.05) is 24.0 Å². The summed E-state index contributed by atoms with van der Waals surface area (Å²) in [6.45, 7) is 2.42. The Hall–Kier alpha value is -0.140. The molecule has 1 aromatic heterocycles. The monoisotopic (exact) mass is 348 g/mol. The minimum Gasteiger partial charge on any atom is -0.303 e. The summed E-state index contributed by atoms with van der Waals surface area (Å²) in [7, 11) is -1.18. The largest absolute Gasteiger partial charge is 0.303 e. The number of nitrogens with zero attached hydrogens (tertiary/aromatic N) is 2. The van der Waals surface area contributed by atoms with Gasteiger partial charge in [-0.3, -0.25) is 0 Å². The van der Waals surface area contributed by atoms with E-state index in [9.17, 15) is 8.42 Å². The summed E-state index contributed by atoms with van der Waals surface area (Å²) in [6, 6.07) is 4.05. The summed E-state index contributed by atoms with van der Waals surface area (Å²) < 4.78 is 27.6. The van der Waals surface area contributed by atoms with E-state index >= 15 is 0 Å². The van der Waals surface area contributed by atoms with Crippen molar-refractivity contribution in [3.05, 3.63) is 17.0 Å². The molecule has 4 nitrogen and oxygen atoms in total. The van der Waals surface area contributed by atoms with Crippen LogP contribution in [0.5, 0.6) is 0 Å². The summed E-state index contributed by atoms with van der Waals surface area (Å²) in [4.78, 5) is 3.30. The normalized spacial score (nSPS) is 28.5. The van der Waals surface area contributed by atoms with Gasteiger partial charge in [0.15, 0.2) is 0 Å². The lowest BCUT2D eigenvalue weighted by molar-refractivity contribution is 0.0672. The van der Waals surface area contributed by atoms with Crippen molar-refractivity contribution < 1.29 is 8.42 Å². The molecule has 0 aliphatic carbocycles. The zero-order valence-electron chi connectivity index (χ0n) is 12.2. The number of thiophene rings is 1. The first-order valence-corrected chi connectivity index (χ1v) is 10.2. The highest BCUT2D eigenvalue weighted by Crippen LogP contribution is 2.33. The van der Waals surface area contributed by atoms with Crippen molar-refractivity contribution in [2.24, 2.45) is 5.92 Å². The van der Waals surface area contributed by atoms with E-state index in [0.717, 1.165) is 24.3 Å². The van der Waals surface area contributed by atoms with E-state index in [1.807, 2.05) is 6.07 Å². The molecule has 0 radical (unpaired) electrons. The molecule has 2 unspecified atom stereocenters. The number of piperidine rings is 2. The van der Waals surface area contributed by atoms with Crippen LogP contribution < -0.4 is 0 Å². The summed E-state index contributed by atoms with van der Waals surface area (Å²) in [5, 5.41) is 0. The van der Waals surface area contributed by atoms with Crippen molar-refractivity contribution in [1.29, 1.82) is 0 Å².